The van der Waals surface area contributed by atoms with E-state index in [9.17, 15) is 22.8 Å². The first-order valence-electron chi connectivity index (χ1n) is 6.79. The third-order valence-electron chi connectivity index (χ3n) is 3.74. The Morgan fingerprint density at radius 2 is 1.64 bits per heavy atom. The van der Waals surface area contributed by atoms with Crippen molar-refractivity contribution in [3.05, 3.63) is 41.0 Å². The molecule has 0 spiro atoms. The van der Waals surface area contributed by atoms with Crippen molar-refractivity contribution in [2.24, 2.45) is 0 Å². The summed E-state index contributed by atoms with van der Waals surface area (Å²) in [7, 11) is 0. The zero-order chi connectivity index (χ0) is 16.5. The number of rotatable bonds is 2. The molecule has 22 heavy (non-hydrogen) atoms. The summed E-state index contributed by atoms with van der Waals surface area (Å²) >= 11 is 0. The minimum atomic E-state index is -4.42. The molecule has 1 unspecified atom stereocenters. The van der Waals surface area contributed by atoms with E-state index in [0.717, 1.165) is 12.1 Å². The zero-order valence-corrected chi connectivity index (χ0v) is 12.2. The third-order valence-corrected chi connectivity index (χ3v) is 3.74. The van der Waals surface area contributed by atoms with Crippen molar-refractivity contribution in [3.63, 3.8) is 0 Å². The maximum Gasteiger partial charge on any atom is 0.416 e. The highest BCUT2D eigenvalue weighted by atomic mass is 19.4. The summed E-state index contributed by atoms with van der Waals surface area (Å²) in [6.45, 7) is 3.15. The summed E-state index contributed by atoms with van der Waals surface area (Å²) in [5.41, 5.74) is -0.0166. The number of Topliss-reactive ketones (excluding diaryl/α,β-unsaturated/α-hetero) is 2. The average Bonchev–Trinajstić information content (AvgIpc) is 2.55. The lowest BCUT2D eigenvalue weighted by Crippen LogP contribution is -2.27. The van der Waals surface area contributed by atoms with E-state index in [0.29, 0.717) is 11.1 Å². The van der Waals surface area contributed by atoms with Crippen LogP contribution in [-0.4, -0.2) is 17.7 Å². The lowest BCUT2D eigenvalue weighted by Gasteiger charge is -2.17. The number of alkyl halides is 3. The molecule has 0 aromatic heterocycles. The molecule has 6 heteroatoms. The molecule has 0 amide bonds. The van der Waals surface area contributed by atoms with Gasteiger partial charge in [-0.2, -0.15) is 13.2 Å². The van der Waals surface area contributed by atoms with Crippen LogP contribution in [0.25, 0.3) is 0 Å². The fourth-order valence-electron chi connectivity index (χ4n) is 2.22. The van der Waals surface area contributed by atoms with Gasteiger partial charge in [0.05, 0.1) is 5.56 Å². The number of carbonyl (C=O) groups excluding carboxylic acids is 2. The molecule has 1 aromatic carbocycles. The van der Waals surface area contributed by atoms with Crippen LogP contribution in [0.4, 0.5) is 13.2 Å². The van der Waals surface area contributed by atoms with Gasteiger partial charge in [0.2, 0.25) is 0 Å². The summed E-state index contributed by atoms with van der Waals surface area (Å²) < 4.78 is 43.0. The molecule has 0 heterocycles. The number of hydrogen-bond acceptors (Lipinski definition) is 3. The predicted octanol–water partition coefficient (Wildman–Crippen LogP) is 3.72. The van der Waals surface area contributed by atoms with Gasteiger partial charge in [-0.1, -0.05) is 0 Å². The number of halogens is 3. The number of benzene rings is 1. The molecule has 1 aliphatic rings. The van der Waals surface area contributed by atoms with Gasteiger partial charge < -0.3 is 4.74 Å². The molecule has 0 saturated carbocycles. The number of allylic oxidation sites excluding steroid dienone is 1. The van der Waals surface area contributed by atoms with Crippen LogP contribution < -0.4 is 4.74 Å². The zero-order valence-electron chi connectivity index (χ0n) is 12.2. The molecule has 0 saturated heterocycles. The summed E-state index contributed by atoms with van der Waals surface area (Å²) in [5, 5.41) is 0. The molecular weight excluding hydrogens is 297 g/mol. The molecule has 2 rings (SSSR count). The van der Waals surface area contributed by atoms with Crippen LogP contribution >= 0.6 is 0 Å². The van der Waals surface area contributed by atoms with Gasteiger partial charge in [-0.25, -0.2) is 0 Å². The molecule has 3 nitrogen and oxygen atoms in total. The molecule has 1 aromatic rings. The Labute approximate surface area is 125 Å². The first kappa shape index (κ1) is 16.3. The molecule has 0 N–H and O–H groups in total. The topological polar surface area (TPSA) is 43.4 Å². The number of carbonyl (C=O) groups is 2. The quantitative estimate of drug-likeness (QED) is 0.836. The highest BCUT2D eigenvalue weighted by molar-refractivity contribution is 6.09. The second kappa shape index (κ2) is 5.94. The third kappa shape index (κ3) is 3.37. The Balaban J connectivity index is 2.17. The monoisotopic (exact) mass is 312 g/mol. The van der Waals surface area contributed by atoms with Crippen molar-refractivity contribution >= 4 is 11.6 Å². The maximum absolute atomic E-state index is 12.5. The predicted molar refractivity (Wildman–Crippen MR) is 73.5 cm³/mol. The first-order valence-corrected chi connectivity index (χ1v) is 6.79. The first-order chi connectivity index (χ1) is 10.2. The van der Waals surface area contributed by atoms with Crippen LogP contribution in [-0.2, 0) is 15.8 Å². The average molecular weight is 312 g/mol. The van der Waals surface area contributed by atoms with Crippen LogP contribution in [0.2, 0.25) is 0 Å². The fourth-order valence-corrected chi connectivity index (χ4v) is 2.22. The Bertz CT molecular complexity index is 627. The lowest BCUT2D eigenvalue weighted by atomic mass is 10.0. The number of ether oxygens (including phenoxy) is 1. The second-order valence-corrected chi connectivity index (χ2v) is 5.20. The van der Waals surface area contributed by atoms with E-state index in [1.54, 1.807) is 13.8 Å². The van der Waals surface area contributed by atoms with E-state index < -0.39 is 17.8 Å². The van der Waals surface area contributed by atoms with Crippen LogP contribution in [0.15, 0.2) is 35.4 Å². The van der Waals surface area contributed by atoms with E-state index >= 15 is 0 Å². The van der Waals surface area contributed by atoms with Gasteiger partial charge >= 0.3 is 6.18 Å². The van der Waals surface area contributed by atoms with Gasteiger partial charge in [-0.05, 0) is 50.1 Å². The SMILES string of the molecule is CC1=C(C)C(=O)C(Oc2ccc(C(F)(F)F)cc2)CCC1=O. The molecular formula is C16H15F3O3. The van der Waals surface area contributed by atoms with Crippen LogP contribution in [0.1, 0.15) is 32.3 Å². The van der Waals surface area contributed by atoms with Gasteiger partial charge in [-0.3, -0.25) is 9.59 Å². The van der Waals surface area contributed by atoms with E-state index in [4.69, 9.17) is 4.74 Å². The Morgan fingerprint density at radius 3 is 2.18 bits per heavy atom. The molecule has 0 fully saturated rings. The van der Waals surface area contributed by atoms with Crippen molar-refractivity contribution in [1.29, 1.82) is 0 Å². The molecule has 1 aliphatic carbocycles. The van der Waals surface area contributed by atoms with E-state index in [1.807, 2.05) is 0 Å². The largest absolute Gasteiger partial charge is 0.482 e. The van der Waals surface area contributed by atoms with Gasteiger partial charge in [-0.15, -0.1) is 0 Å². The summed E-state index contributed by atoms with van der Waals surface area (Å²) in [6, 6.07) is 4.15. The van der Waals surface area contributed by atoms with Crippen molar-refractivity contribution in [3.8, 4) is 5.75 Å². The summed E-state index contributed by atoms with van der Waals surface area (Å²) in [4.78, 5) is 23.9. The minimum Gasteiger partial charge on any atom is -0.482 e. The molecule has 1 atom stereocenters. The second-order valence-electron chi connectivity index (χ2n) is 5.20. The van der Waals surface area contributed by atoms with Gasteiger partial charge in [0.25, 0.3) is 0 Å². The van der Waals surface area contributed by atoms with E-state index in [1.165, 1.54) is 12.1 Å². The molecule has 0 bridgehead atoms. The van der Waals surface area contributed by atoms with Crippen molar-refractivity contribution < 1.29 is 27.5 Å². The highest BCUT2D eigenvalue weighted by Gasteiger charge is 2.31. The Morgan fingerprint density at radius 1 is 1.05 bits per heavy atom. The standard InChI is InChI=1S/C16H15F3O3/c1-9-10(2)15(21)14(8-7-13(9)20)22-12-5-3-11(4-6-12)16(17,18)19/h3-6,14H,7-8H2,1-2H3. The Hall–Kier alpha value is -2.11. The van der Waals surface area contributed by atoms with Crippen LogP contribution in [0.5, 0.6) is 5.75 Å². The summed E-state index contributed by atoms with van der Waals surface area (Å²) in [5.74, 6) is -0.237. The highest BCUT2D eigenvalue weighted by Crippen LogP contribution is 2.31. The normalized spacial score (nSPS) is 20.1. The van der Waals surface area contributed by atoms with Crippen molar-refractivity contribution in [1.82, 2.24) is 0 Å². The summed E-state index contributed by atoms with van der Waals surface area (Å²) in [6.07, 6.45) is -4.87. The fraction of sp³-hybridized carbons (Fsp3) is 0.375. The number of ketones is 2. The van der Waals surface area contributed by atoms with Crippen molar-refractivity contribution in [2.75, 3.05) is 0 Å². The Kier molecular flexibility index (Phi) is 4.39. The minimum absolute atomic E-state index is 0.107. The van der Waals surface area contributed by atoms with E-state index in [-0.39, 0.29) is 30.2 Å². The van der Waals surface area contributed by atoms with Crippen molar-refractivity contribution in [2.45, 2.75) is 39.0 Å². The lowest BCUT2D eigenvalue weighted by molar-refractivity contribution is -0.137. The van der Waals surface area contributed by atoms with Crippen LogP contribution in [0.3, 0.4) is 0 Å². The van der Waals surface area contributed by atoms with E-state index in [2.05, 4.69) is 0 Å². The molecule has 0 aliphatic heterocycles. The smallest absolute Gasteiger partial charge is 0.416 e. The van der Waals surface area contributed by atoms with Gasteiger partial charge in [0.15, 0.2) is 17.7 Å². The van der Waals surface area contributed by atoms with Gasteiger partial charge in [0.1, 0.15) is 5.75 Å². The molecule has 118 valence electrons. The maximum atomic E-state index is 12.5. The number of hydrogen-bond donors (Lipinski definition) is 0. The van der Waals surface area contributed by atoms with Gasteiger partial charge in [0, 0.05) is 12.0 Å². The molecule has 0 radical (unpaired) electrons. The van der Waals surface area contributed by atoms with Crippen LogP contribution in [0, 0.1) is 0 Å².